The second-order valence-electron chi connectivity index (χ2n) is 15.8. The van der Waals surface area contributed by atoms with Gasteiger partial charge in [-0.15, -0.1) is 0 Å². The smallest absolute Gasteiger partial charge is 0.0618 e. The average molecular weight is 791 g/mol. The number of nitrogens with zero attached hydrogens (tertiary/aromatic N) is 2. The number of hydrogen-bond donors (Lipinski definition) is 0. The van der Waals surface area contributed by atoms with Crippen LogP contribution in [0, 0.1) is 0 Å². The Labute approximate surface area is 362 Å². The van der Waals surface area contributed by atoms with Crippen molar-refractivity contribution in [2.75, 3.05) is 9.80 Å². The Kier molecular flexibility index (Phi) is 9.57. The van der Waals surface area contributed by atoms with Crippen LogP contribution in [-0.2, 0) is 0 Å². The molecule has 11 aromatic rings. The molecule has 62 heavy (non-hydrogen) atoms. The molecule has 0 amide bonds. The molecular formula is C60H42N2. The number of benzene rings is 11. The summed E-state index contributed by atoms with van der Waals surface area (Å²) in [5.74, 6) is 0. The third kappa shape index (κ3) is 7.04. The van der Waals surface area contributed by atoms with Gasteiger partial charge in [0.25, 0.3) is 0 Å². The van der Waals surface area contributed by atoms with E-state index in [4.69, 9.17) is 0 Å². The van der Waals surface area contributed by atoms with Crippen molar-refractivity contribution < 1.29 is 0 Å². The van der Waals surface area contributed by atoms with E-state index in [1.165, 1.54) is 54.6 Å². The molecule has 0 aliphatic rings. The fraction of sp³-hybridized carbons (Fsp3) is 0. The van der Waals surface area contributed by atoms with E-state index in [0.717, 1.165) is 45.3 Å². The largest absolute Gasteiger partial charge is 0.310 e. The average Bonchev–Trinajstić information content (AvgIpc) is 3.35. The minimum absolute atomic E-state index is 1.09. The van der Waals surface area contributed by atoms with Crippen molar-refractivity contribution in [2.24, 2.45) is 0 Å². The molecule has 0 atom stereocenters. The van der Waals surface area contributed by atoms with E-state index < -0.39 is 0 Å². The summed E-state index contributed by atoms with van der Waals surface area (Å²) in [7, 11) is 0. The van der Waals surface area contributed by atoms with Crippen molar-refractivity contribution in [3.05, 3.63) is 255 Å². The van der Waals surface area contributed by atoms with Crippen molar-refractivity contribution in [2.45, 2.75) is 0 Å². The predicted octanol–water partition coefficient (Wildman–Crippen LogP) is 17.1. The van der Waals surface area contributed by atoms with Gasteiger partial charge in [-0.2, -0.15) is 0 Å². The first kappa shape index (κ1) is 36.8. The van der Waals surface area contributed by atoms with Crippen LogP contribution < -0.4 is 9.80 Å². The van der Waals surface area contributed by atoms with Gasteiger partial charge in [-0.25, -0.2) is 0 Å². The first-order valence-corrected chi connectivity index (χ1v) is 21.2. The van der Waals surface area contributed by atoms with Gasteiger partial charge in [0.2, 0.25) is 0 Å². The molecular weight excluding hydrogens is 749 g/mol. The van der Waals surface area contributed by atoms with E-state index >= 15 is 0 Å². The lowest BCUT2D eigenvalue weighted by molar-refractivity contribution is 1.28. The fourth-order valence-electron chi connectivity index (χ4n) is 8.89. The third-order valence-electron chi connectivity index (χ3n) is 12.0. The Morgan fingerprint density at radius 1 is 0.210 bits per heavy atom. The van der Waals surface area contributed by atoms with Crippen LogP contribution in [0.4, 0.5) is 34.1 Å². The van der Waals surface area contributed by atoms with Crippen LogP contribution in [-0.4, -0.2) is 0 Å². The Hall–Kier alpha value is -8.20. The van der Waals surface area contributed by atoms with Gasteiger partial charge in [0.15, 0.2) is 0 Å². The molecule has 0 radical (unpaired) electrons. The molecule has 0 saturated carbocycles. The maximum absolute atomic E-state index is 2.44. The van der Waals surface area contributed by atoms with Gasteiger partial charge in [0.1, 0.15) is 0 Å². The standard InChI is InChI=1S/C60H42N2/c1-5-15-43(16-6-1)47-25-27-51-41-56(36-31-49(51)39-47)61(53-20-9-3-10-21-53)55-34-29-46(30-35-55)59-38-33-45-19-13-14-24-58(45)60(59)62(54-22-11-4-12-23-54)57-37-32-50-40-48(26-28-52(50)42-57)44-17-7-2-8-18-44/h1-42H. The summed E-state index contributed by atoms with van der Waals surface area (Å²) in [5.41, 5.74) is 13.8. The van der Waals surface area contributed by atoms with Crippen LogP contribution >= 0.6 is 0 Å². The number of rotatable bonds is 9. The lowest BCUT2D eigenvalue weighted by atomic mass is 9.95. The lowest BCUT2D eigenvalue weighted by Crippen LogP contribution is -2.12. The van der Waals surface area contributed by atoms with Crippen molar-refractivity contribution in [3.8, 4) is 33.4 Å². The summed E-state index contributed by atoms with van der Waals surface area (Å²) in [6.07, 6.45) is 0. The van der Waals surface area contributed by atoms with Gasteiger partial charge < -0.3 is 9.80 Å². The second kappa shape index (κ2) is 16.1. The Bertz CT molecular complexity index is 3330. The minimum Gasteiger partial charge on any atom is -0.310 e. The third-order valence-corrected chi connectivity index (χ3v) is 12.0. The van der Waals surface area contributed by atoms with Gasteiger partial charge in [-0.1, -0.05) is 182 Å². The molecule has 0 spiro atoms. The van der Waals surface area contributed by atoms with E-state index in [0.29, 0.717) is 0 Å². The molecule has 0 aliphatic carbocycles. The van der Waals surface area contributed by atoms with Gasteiger partial charge in [0, 0.05) is 39.4 Å². The van der Waals surface area contributed by atoms with Crippen LogP contribution in [0.15, 0.2) is 255 Å². The Morgan fingerprint density at radius 3 is 1.16 bits per heavy atom. The highest BCUT2D eigenvalue weighted by atomic mass is 15.2. The van der Waals surface area contributed by atoms with Crippen LogP contribution in [0.2, 0.25) is 0 Å². The van der Waals surface area contributed by atoms with Crippen LogP contribution in [0.5, 0.6) is 0 Å². The molecule has 0 saturated heterocycles. The highest BCUT2D eigenvalue weighted by Gasteiger charge is 2.21. The molecule has 0 aromatic heterocycles. The monoisotopic (exact) mass is 790 g/mol. The van der Waals surface area contributed by atoms with Crippen LogP contribution in [0.25, 0.3) is 65.7 Å². The summed E-state index contributed by atoms with van der Waals surface area (Å²) < 4.78 is 0. The number of hydrogen-bond acceptors (Lipinski definition) is 2. The fourth-order valence-corrected chi connectivity index (χ4v) is 8.89. The van der Waals surface area contributed by atoms with E-state index in [1.807, 2.05) is 0 Å². The molecule has 0 fully saturated rings. The van der Waals surface area contributed by atoms with E-state index in [-0.39, 0.29) is 0 Å². The molecule has 0 bridgehead atoms. The predicted molar refractivity (Wildman–Crippen MR) is 265 cm³/mol. The van der Waals surface area contributed by atoms with E-state index in [9.17, 15) is 0 Å². The van der Waals surface area contributed by atoms with Gasteiger partial charge in [-0.3, -0.25) is 0 Å². The summed E-state index contributed by atoms with van der Waals surface area (Å²) >= 11 is 0. The highest BCUT2D eigenvalue weighted by molar-refractivity contribution is 6.07. The number of para-hydroxylation sites is 2. The Balaban J connectivity index is 1.02. The number of anilines is 6. The molecule has 0 N–H and O–H groups in total. The van der Waals surface area contributed by atoms with Crippen LogP contribution in [0.3, 0.4) is 0 Å². The van der Waals surface area contributed by atoms with Gasteiger partial charge >= 0.3 is 0 Å². The molecule has 11 aromatic carbocycles. The second-order valence-corrected chi connectivity index (χ2v) is 15.8. The molecule has 0 heterocycles. The zero-order valence-corrected chi connectivity index (χ0v) is 34.1. The first-order chi connectivity index (χ1) is 30.7. The summed E-state index contributed by atoms with van der Waals surface area (Å²) in [6.45, 7) is 0. The molecule has 2 nitrogen and oxygen atoms in total. The maximum atomic E-state index is 2.44. The zero-order chi connectivity index (χ0) is 41.2. The minimum atomic E-state index is 1.09. The quantitative estimate of drug-likeness (QED) is 0.144. The Morgan fingerprint density at radius 2 is 0.597 bits per heavy atom. The van der Waals surface area contributed by atoms with Crippen molar-refractivity contribution >= 4 is 66.4 Å². The topological polar surface area (TPSA) is 6.48 Å². The molecule has 292 valence electrons. The van der Waals surface area contributed by atoms with Crippen molar-refractivity contribution in [1.29, 1.82) is 0 Å². The SMILES string of the molecule is c1ccc(-c2ccc3cc(N(c4ccccc4)c4ccc(-c5ccc6ccccc6c5N(c5ccccc5)c5ccc6cc(-c7ccccc7)ccc6c5)cc4)ccc3c2)cc1. The molecule has 0 unspecified atom stereocenters. The normalized spacial score (nSPS) is 11.2. The zero-order valence-electron chi connectivity index (χ0n) is 34.1. The summed E-state index contributed by atoms with van der Waals surface area (Å²) in [6, 6.07) is 92.2. The van der Waals surface area contributed by atoms with Gasteiger partial charge in [-0.05, 0) is 128 Å². The van der Waals surface area contributed by atoms with Crippen LogP contribution in [0.1, 0.15) is 0 Å². The van der Waals surface area contributed by atoms with Crippen molar-refractivity contribution in [3.63, 3.8) is 0 Å². The lowest BCUT2D eigenvalue weighted by Gasteiger charge is -2.30. The van der Waals surface area contributed by atoms with E-state index in [2.05, 4.69) is 265 Å². The van der Waals surface area contributed by atoms with Gasteiger partial charge in [0.05, 0.1) is 5.69 Å². The maximum Gasteiger partial charge on any atom is 0.0618 e. The van der Waals surface area contributed by atoms with Crippen molar-refractivity contribution in [1.82, 2.24) is 0 Å². The van der Waals surface area contributed by atoms with E-state index in [1.54, 1.807) is 0 Å². The summed E-state index contributed by atoms with van der Waals surface area (Å²) in [5, 5.41) is 7.21. The summed E-state index contributed by atoms with van der Waals surface area (Å²) in [4.78, 5) is 4.79. The molecule has 11 rings (SSSR count). The molecule has 0 aliphatic heterocycles. The molecule has 2 heteroatoms. The number of fused-ring (bicyclic) bond motifs is 3. The first-order valence-electron chi connectivity index (χ1n) is 21.2. The highest BCUT2D eigenvalue weighted by Crippen LogP contribution is 2.47.